The van der Waals surface area contributed by atoms with E-state index in [0.29, 0.717) is 31.1 Å². The Labute approximate surface area is 218 Å². The SMILES string of the molecule is CCOC(=O)C[C@@H]1CCc2cc(OCCCN(C)c3nc(Oc4cccc(OC)c4)ncc3C)ccc21. The van der Waals surface area contributed by atoms with Gasteiger partial charge in [-0.15, -0.1) is 0 Å². The number of anilines is 1. The molecule has 0 saturated heterocycles. The van der Waals surface area contributed by atoms with Crippen molar-refractivity contribution in [3.63, 3.8) is 0 Å². The van der Waals surface area contributed by atoms with Gasteiger partial charge in [-0.25, -0.2) is 4.98 Å². The average molecular weight is 506 g/mol. The van der Waals surface area contributed by atoms with E-state index in [0.717, 1.165) is 42.9 Å². The normalized spacial score (nSPS) is 14.1. The van der Waals surface area contributed by atoms with Crippen LogP contribution in [0.2, 0.25) is 0 Å². The number of carbonyl (C=O) groups excluding carboxylic acids is 1. The van der Waals surface area contributed by atoms with E-state index in [4.69, 9.17) is 18.9 Å². The maximum Gasteiger partial charge on any atom is 0.323 e. The van der Waals surface area contributed by atoms with Crippen LogP contribution < -0.4 is 19.1 Å². The number of carbonyl (C=O) groups is 1. The first kappa shape index (κ1) is 26.3. The Morgan fingerprint density at radius 2 is 1.97 bits per heavy atom. The molecule has 0 bridgehead atoms. The molecular weight excluding hydrogens is 470 g/mol. The van der Waals surface area contributed by atoms with Gasteiger partial charge in [-0.3, -0.25) is 4.79 Å². The third kappa shape index (κ3) is 6.90. The Kier molecular flexibility index (Phi) is 8.82. The van der Waals surface area contributed by atoms with Crippen LogP contribution in [-0.4, -0.2) is 49.9 Å². The number of hydrogen-bond donors (Lipinski definition) is 0. The third-order valence-electron chi connectivity index (χ3n) is 6.48. The summed E-state index contributed by atoms with van der Waals surface area (Å²) >= 11 is 0. The molecule has 0 N–H and O–H groups in total. The fourth-order valence-electron chi connectivity index (χ4n) is 4.63. The standard InChI is InChI=1S/C29H35N3O5/c1-5-35-27(33)17-22-11-10-21-16-24(12-13-26(21)22)36-15-7-14-32(3)28-20(2)19-30-29(31-28)37-25-9-6-8-23(18-25)34-4/h6,8-9,12-13,16,18-19,22H,5,7,10-11,14-15,17H2,1-4H3/t22-/m0/s1. The number of methoxy groups -OCH3 is 1. The number of rotatable bonds is 12. The van der Waals surface area contributed by atoms with Crippen molar-refractivity contribution in [2.24, 2.45) is 0 Å². The molecule has 1 heterocycles. The second kappa shape index (κ2) is 12.4. The molecule has 1 atom stereocenters. The molecule has 0 fully saturated rings. The predicted molar refractivity (Wildman–Crippen MR) is 142 cm³/mol. The quantitative estimate of drug-likeness (QED) is 0.237. The van der Waals surface area contributed by atoms with E-state index in [2.05, 4.69) is 27.0 Å². The van der Waals surface area contributed by atoms with Crippen LogP contribution in [0.3, 0.4) is 0 Å². The van der Waals surface area contributed by atoms with Crippen molar-refractivity contribution in [3.05, 3.63) is 65.4 Å². The van der Waals surface area contributed by atoms with Gasteiger partial charge in [0.1, 0.15) is 23.1 Å². The Morgan fingerprint density at radius 1 is 1.14 bits per heavy atom. The molecule has 2 aromatic carbocycles. The molecule has 4 rings (SSSR count). The lowest BCUT2D eigenvalue weighted by Gasteiger charge is -2.20. The van der Waals surface area contributed by atoms with Crippen LogP contribution in [0.4, 0.5) is 5.82 Å². The molecule has 8 nitrogen and oxygen atoms in total. The van der Waals surface area contributed by atoms with Gasteiger partial charge in [0.2, 0.25) is 0 Å². The molecule has 196 valence electrons. The van der Waals surface area contributed by atoms with Crippen molar-refractivity contribution in [2.75, 3.05) is 38.8 Å². The average Bonchev–Trinajstić information content (AvgIpc) is 3.29. The first-order valence-electron chi connectivity index (χ1n) is 12.7. The van der Waals surface area contributed by atoms with Gasteiger partial charge in [0.05, 0.1) is 26.7 Å². The van der Waals surface area contributed by atoms with Gasteiger partial charge in [0, 0.05) is 31.4 Å². The fraction of sp³-hybridized carbons (Fsp3) is 0.414. The van der Waals surface area contributed by atoms with Crippen LogP contribution in [-0.2, 0) is 16.0 Å². The monoisotopic (exact) mass is 505 g/mol. The fourth-order valence-corrected chi connectivity index (χ4v) is 4.63. The van der Waals surface area contributed by atoms with Crippen molar-refractivity contribution in [1.29, 1.82) is 0 Å². The molecule has 1 aliphatic rings. The molecule has 1 aromatic heterocycles. The van der Waals surface area contributed by atoms with Crippen molar-refractivity contribution < 1.29 is 23.7 Å². The number of benzene rings is 2. The minimum Gasteiger partial charge on any atom is -0.497 e. The van der Waals surface area contributed by atoms with E-state index in [1.807, 2.05) is 45.2 Å². The molecule has 0 radical (unpaired) electrons. The second-order valence-corrected chi connectivity index (χ2v) is 9.17. The first-order valence-corrected chi connectivity index (χ1v) is 12.7. The van der Waals surface area contributed by atoms with Gasteiger partial charge in [0.15, 0.2) is 0 Å². The topological polar surface area (TPSA) is 83.0 Å². The van der Waals surface area contributed by atoms with E-state index < -0.39 is 0 Å². The van der Waals surface area contributed by atoms with Crippen LogP contribution in [0, 0.1) is 6.92 Å². The van der Waals surface area contributed by atoms with Crippen LogP contribution in [0.25, 0.3) is 0 Å². The van der Waals surface area contributed by atoms with Crippen molar-refractivity contribution in [2.45, 2.75) is 45.4 Å². The smallest absolute Gasteiger partial charge is 0.323 e. The van der Waals surface area contributed by atoms with Gasteiger partial charge in [0.25, 0.3) is 0 Å². The summed E-state index contributed by atoms with van der Waals surface area (Å²) in [5.41, 5.74) is 3.48. The summed E-state index contributed by atoms with van der Waals surface area (Å²) in [6, 6.07) is 13.9. The summed E-state index contributed by atoms with van der Waals surface area (Å²) in [7, 11) is 3.62. The van der Waals surface area contributed by atoms with Gasteiger partial charge in [-0.05, 0) is 74.4 Å². The Balaban J connectivity index is 1.28. The second-order valence-electron chi connectivity index (χ2n) is 9.17. The number of nitrogens with zero attached hydrogens (tertiary/aromatic N) is 3. The lowest BCUT2D eigenvalue weighted by Crippen LogP contribution is -2.22. The van der Waals surface area contributed by atoms with Crippen LogP contribution in [0.5, 0.6) is 23.3 Å². The summed E-state index contributed by atoms with van der Waals surface area (Å²) in [6.45, 7) is 5.61. The van der Waals surface area contributed by atoms with Crippen LogP contribution >= 0.6 is 0 Å². The van der Waals surface area contributed by atoms with E-state index in [1.165, 1.54) is 11.1 Å². The van der Waals surface area contributed by atoms with Gasteiger partial charge in [-0.1, -0.05) is 12.1 Å². The van der Waals surface area contributed by atoms with E-state index in [-0.39, 0.29) is 17.9 Å². The summed E-state index contributed by atoms with van der Waals surface area (Å²) in [5.74, 6) is 3.13. The highest BCUT2D eigenvalue weighted by Gasteiger charge is 2.25. The largest absolute Gasteiger partial charge is 0.497 e. The first-order chi connectivity index (χ1) is 18.0. The summed E-state index contributed by atoms with van der Waals surface area (Å²) < 4.78 is 22.3. The summed E-state index contributed by atoms with van der Waals surface area (Å²) in [4.78, 5) is 22.9. The van der Waals surface area contributed by atoms with Gasteiger partial charge >= 0.3 is 12.0 Å². The minimum absolute atomic E-state index is 0.122. The zero-order valence-corrected chi connectivity index (χ0v) is 22.0. The number of fused-ring (bicyclic) bond motifs is 1. The number of hydrogen-bond acceptors (Lipinski definition) is 8. The summed E-state index contributed by atoms with van der Waals surface area (Å²) in [5, 5.41) is 0. The van der Waals surface area contributed by atoms with E-state index >= 15 is 0 Å². The third-order valence-corrected chi connectivity index (χ3v) is 6.48. The van der Waals surface area contributed by atoms with E-state index in [9.17, 15) is 4.79 Å². The number of ether oxygens (including phenoxy) is 4. The minimum atomic E-state index is -0.122. The highest BCUT2D eigenvalue weighted by Crippen LogP contribution is 2.37. The lowest BCUT2D eigenvalue weighted by atomic mass is 9.98. The highest BCUT2D eigenvalue weighted by atomic mass is 16.5. The maximum absolute atomic E-state index is 11.9. The number of aromatic nitrogens is 2. The Hall–Kier alpha value is -3.81. The van der Waals surface area contributed by atoms with Crippen molar-refractivity contribution in [3.8, 4) is 23.3 Å². The van der Waals surface area contributed by atoms with Gasteiger partial charge in [-0.2, -0.15) is 4.98 Å². The molecular formula is C29H35N3O5. The molecule has 0 amide bonds. The van der Waals surface area contributed by atoms with E-state index in [1.54, 1.807) is 19.4 Å². The molecule has 37 heavy (non-hydrogen) atoms. The number of esters is 1. The van der Waals surface area contributed by atoms with Gasteiger partial charge < -0.3 is 23.8 Å². The molecule has 0 saturated carbocycles. The van der Waals surface area contributed by atoms with Crippen molar-refractivity contribution in [1.82, 2.24) is 9.97 Å². The van der Waals surface area contributed by atoms with Crippen LogP contribution in [0.1, 0.15) is 48.8 Å². The zero-order chi connectivity index (χ0) is 26.2. The molecule has 0 aliphatic heterocycles. The Bertz CT molecular complexity index is 1220. The lowest BCUT2D eigenvalue weighted by molar-refractivity contribution is -0.143. The molecule has 0 spiro atoms. The predicted octanol–water partition coefficient (Wildman–Crippen LogP) is 5.47. The highest BCUT2D eigenvalue weighted by molar-refractivity contribution is 5.71. The molecule has 8 heteroatoms. The molecule has 3 aromatic rings. The number of aryl methyl sites for hydroxylation is 2. The van der Waals surface area contributed by atoms with Crippen LogP contribution in [0.15, 0.2) is 48.7 Å². The maximum atomic E-state index is 11.9. The molecule has 1 aliphatic carbocycles. The summed E-state index contributed by atoms with van der Waals surface area (Å²) in [6.07, 6.45) is 4.98. The zero-order valence-electron chi connectivity index (χ0n) is 22.0. The Morgan fingerprint density at radius 3 is 2.78 bits per heavy atom. The molecule has 0 unspecified atom stereocenters. The van der Waals surface area contributed by atoms with Crippen molar-refractivity contribution >= 4 is 11.8 Å².